The summed E-state index contributed by atoms with van der Waals surface area (Å²) in [6, 6.07) is 21.6. The molecule has 6 rings (SSSR count). The first-order chi connectivity index (χ1) is 16.6. The lowest BCUT2D eigenvalue weighted by Gasteiger charge is -2.25. The van der Waals surface area contributed by atoms with Gasteiger partial charge in [0.1, 0.15) is 29.1 Å². The fraction of sp³-hybridized carbons (Fsp3) is 0.111. The summed E-state index contributed by atoms with van der Waals surface area (Å²) >= 11 is 1.65. The molecular weight excluding hydrogens is 446 g/mol. The monoisotopic (exact) mass is 467 g/mol. The van der Waals surface area contributed by atoms with Crippen LogP contribution < -0.4 is 5.32 Å². The zero-order valence-electron chi connectivity index (χ0n) is 18.1. The fourth-order valence-corrected chi connectivity index (χ4v) is 5.44. The molecule has 0 bridgehead atoms. The van der Waals surface area contributed by atoms with Crippen LogP contribution in [0.4, 0.5) is 0 Å². The molecule has 4 aromatic rings. The summed E-state index contributed by atoms with van der Waals surface area (Å²) in [5, 5.41) is 25.9. The molecule has 3 aromatic carbocycles. The van der Waals surface area contributed by atoms with Crippen molar-refractivity contribution in [2.75, 3.05) is 6.54 Å². The molecular formula is C27H21N3O3S. The number of hydrogen-bond donors (Lipinski definition) is 3. The minimum atomic E-state index is -0.422. The first kappa shape index (κ1) is 20.5. The Morgan fingerprint density at radius 3 is 2.44 bits per heavy atom. The summed E-state index contributed by atoms with van der Waals surface area (Å²) in [6.45, 7) is 0.351. The average Bonchev–Trinajstić information content (AvgIpc) is 3.42. The van der Waals surface area contributed by atoms with Gasteiger partial charge in [0.05, 0.1) is 12.3 Å². The van der Waals surface area contributed by atoms with E-state index in [1.54, 1.807) is 40.5 Å². The molecule has 0 spiro atoms. The molecule has 0 radical (unpaired) electrons. The van der Waals surface area contributed by atoms with Gasteiger partial charge in [-0.1, -0.05) is 30.3 Å². The van der Waals surface area contributed by atoms with Crippen LogP contribution in [-0.2, 0) is 11.2 Å². The van der Waals surface area contributed by atoms with Gasteiger partial charge < -0.3 is 15.5 Å². The van der Waals surface area contributed by atoms with Crippen LogP contribution in [0.3, 0.4) is 0 Å². The predicted molar refractivity (Wildman–Crippen MR) is 134 cm³/mol. The van der Waals surface area contributed by atoms with Crippen molar-refractivity contribution in [3.63, 3.8) is 0 Å². The zero-order valence-corrected chi connectivity index (χ0v) is 18.9. The highest BCUT2D eigenvalue weighted by Gasteiger charge is 2.40. The lowest BCUT2D eigenvalue weighted by Crippen LogP contribution is -2.36. The van der Waals surface area contributed by atoms with Gasteiger partial charge in [0.2, 0.25) is 0 Å². The number of carbonyl (C=O) groups is 1. The number of fused-ring (bicyclic) bond motifs is 2. The Hall–Kier alpha value is -4.10. The number of hydrogen-bond acceptors (Lipinski definition) is 6. The van der Waals surface area contributed by atoms with Crippen molar-refractivity contribution in [2.45, 2.75) is 12.5 Å². The summed E-state index contributed by atoms with van der Waals surface area (Å²) in [7, 11) is 0. The van der Waals surface area contributed by atoms with Gasteiger partial charge in [0, 0.05) is 27.5 Å². The molecule has 1 saturated heterocycles. The van der Waals surface area contributed by atoms with Gasteiger partial charge in [0.15, 0.2) is 0 Å². The zero-order chi connectivity index (χ0) is 23.2. The van der Waals surface area contributed by atoms with E-state index >= 15 is 0 Å². The Labute approximate surface area is 200 Å². The SMILES string of the molecule is O=C1C(Cc2ccc(O)cc2)NC2=C(c3csc4ccccc34)N=C(c3ccc(O)cc3)CN12. The van der Waals surface area contributed by atoms with E-state index in [-0.39, 0.29) is 17.4 Å². The summed E-state index contributed by atoms with van der Waals surface area (Å²) in [6.07, 6.45) is 0.505. The molecule has 1 aromatic heterocycles. The highest BCUT2D eigenvalue weighted by molar-refractivity contribution is 7.17. The van der Waals surface area contributed by atoms with Crippen LogP contribution in [0, 0.1) is 0 Å². The second-order valence-corrected chi connectivity index (χ2v) is 9.35. The molecule has 2 aliphatic heterocycles. The van der Waals surface area contributed by atoms with E-state index in [0.29, 0.717) is 13.0 Å². The molecule has 2 aliphatic rings. The number of phenolic OH excluding ortho intramolecular Hbond substituents is 2. The highest BCUT2D eigenvalue weighted by atomic mass is 32.1. The van der Waals surface area contributed by atoms with Crippen molar-refractivity contribution >= 4 is 38.7 Å². The average molecular weight is 468 g/mol. The van der Waals surface area contributed by atoms with Crippen molar-refractivity contribution in [3.05, 3.63) is 101 Å². The first-order valence-corrected chi connectivity index (χ1v) is 11.9. The van der Waals surface area contributed by atoms with Crippen LogP contribution in [0.5, 0.6) is 11.5 Å². The number of rotatable bonds is 4. The molecule has 34 heavy (non-hydrogen) atoms. The fourth-order valence-electron chi connectivity index (χ4n) is 4.49. The van der Waals surface area contributed by atoms with E-state index in [9.17, 15) is 15.0 Å². The quantitative estimate of drug-likeness (QED) is 0.413. The van der Waals surface area contributed by atoms with Crippen molar-refractivity contribution < 1.29 is 15.0 Å². The van der Waals surface area contributed by atoms with Crippen LogP contribution in [-0.4, -0.2) is 39.3 Å². The van der Waals surface area contributed by atoms with Crippen LogP contribution in [0.2, 0.25) is 0 Å². The second-order valence-electron chi connectivity index (χ2n) is 8.44. The number of benzene rings is 3. The molecule has 0 saturated carbocycles. The van der Waals surface area contributed by atoms with Crippen molar-refractivity contribution in [2.24, 2.45) is 4.99 Å². The normalized spacial score (nSPS) is 17.6. The third-order valence-electron chi connectivity index (χ3n) is 6.24. The van der Waals surface area contributed by atoms with Crippen molar-refractivity contribution in [1.82, 2.24) is 10.2 Å². The Morgan fingerprint density at radius 2 is 1.68 bits per heavy atom. The van der Waals surface area contributed by atoms with Crippen molar-refractivity contribution in [3.8, 4) is 11.5 Å². The summed E-state index contributed by atoms with van der Waals surface area (Å²) < 4.78 is 1.16. The Bertz CT molecular complexity index is 1470. The van der Waals surface area contributed by atoms with Crippen LogP contribution in [0.1, 0.15) is 16.7 Å². The molecule has 168 valence electrons. The number of aliphatic imine (C=N–C) groups is 1. The maximum atomic E-state index is 13.5. The van der Waals surface area contributed by atoms with Gasteiger partial charge in [-0.15, -0.1) is 11.3 Å². The van der Waals surface area contributed by atoms with Gasteiger partial charge in [-0.05, 0) is 53.6 Å². The molecule has 1 amide bonds. The van der Waals surface area contributed by atoms with Gasteiger partial charge in [-0.3, -0.25) is 9.69 Å². The van der Waals surface area contributed by atoms with E-state index in [0.717, 1.165) is 44.0 Å². The number of amides is 1. The number of aromatic hydroxyl groups is 2. The largest absolute Gasteiger partial charge is 0.508 e. The van der Waals surface area contributed by atoms with E-state index in [2.05, 4.69) is 22.8 Å². The maximum absolute atomic E-state index is 13.5. The maximum Gasteiger partial charge on any atom is 0.251 e. The molecule has 6 nitrogen and oxygen atoms in total. The Kier molecular flexibility index (Phi) is 4.85. The Balaban J connectivity index is 1.44. The van der Waals surface area contributed by atoms with E-state index in [1.165, 1.54) is 0 Å². The van der Waals surface area contributed by atoms with Gasteiger partial charge in [-0.25, -0.2) is 4.99 Å². The van der Waals surface area contributed by atoms with Crippen LogP contribution in [0.25, 0.3) is 15.8 Å². The van der Waals surface area contributed by atoms with Gasteiger partial charge >= 0.3 is 0 Å². The molecule has 3 N–H and O–H groups in total. The standard InChI is InChI=1S/C27H21N3O3S/c31-18-9-5-16(6-10-18)13-22-27(33)30-14-23(17-7-11-19(32)12-8-17)28-25(26(30)29-22)21-15-34-24-4-2-1-3-20(21)24/h1-12,15,22,29,31-32H,13-14H2. The molecule has 1 atom stereocenters. The number of nitrogens with zero attached hydrogens (tertiary/aromatic N) is 2. The summed E-state index contributed by atoms with van der Waals surface area (Å²) in [4.78, 5) is 20.3. The second kappa shape index (κ2) is 8.04. The predicted octanol–water partition coefficient (Wildman–Crippen LogP) is 4.48. The lowest BCUT2D eigenvalue weighted by atomic mass is 10.0. The molecule has 7 heteroatoms. The van der Waals surface area contributed by atoms with E-state index in [4.69, 9.17) is 4.99 Å². The number of thiophene rings is 1. The third-order valence-corrected chi connectivity index (χ3v) is 7.20. The smallest absolute Gasteiger partial charge is 0.251 e. The third kappa shape index (κ3) is 3.50. The van der Waals surface area contributed by atoms with E-state index in [1.807, 2.05) is 36.4 Å². The van der Waals surface area contributed by atoms with Crippen molar-refractivity contribution in [1.29, 1.82) is 0 Å². The summed E-state index contributed by atoms with van der Waals surface area (Å²) in [5.41, 5.74) is 4.33. The van der Waals surface area contributed by atoms with Gasteiger partial charge in [-0.2, -0.15) is 0 Å². The number of phenols is 2. The minimum Gasteiger partial charge on any atom is -0.508 e. The molecule has 3 heterocycles. The minimum absolute atomic E-state index is 0.00807. The molecule has 0 aliphatic carbocycles. The molecule has 1 unspecified atom stereocenters. The number of carbonyl (C=O) groups excluding carboxylic acids is 1. The highest BCUT2D eigenvalue weighted by Crippen LogP contribution is 2.37. The first-order valence-electron chi connectivity index (χ1n) is 11.0. The Morgan fingerprint density at radius 1 is 0.971 bits per heavy atom. The number of nitrogens with one attached hydrogen (secondary N) is 1. The van der Waals surface area contributed by atoms with Crippen LogP contribution >= 0.6 is 11.3 Å². The lowest BCUT2D eigenvalue weighted by molar-refractivity contribution is -0.127. The summed E-state index contributed by atoms with van der Waals surface area (Å²) in [5.74, 6) is 1.10. The topological polar surface area (TPSA) is 85.2 Å². The molecule has 1 fully saturated rings. The van der Waals surface area contributed by atoms with Gasteiger partial charge in [0.25, 0.3) is 5.91 Å². The van der Waals surface area contributed by atoms with E-state index < -0.39 is 6.04 Å². The van der Waals surface area contributed by atoms with Crippen LogP contribution in [0.15, 0.2) is 89.0 Å².